The minimum absolute atomic E-state index is 0.0795. The molecule has 0 aromatic heterocycles. The molecule has 154 valence electrons. The molecule has 1 aliphatic carbocycles. The zero-order valence-corrected chi connectivity index (χ0v) is 19.2. The van der Waals surface area contributed by atoms with Gasteiger partial charge in [-0.05, 0) is 41.4 Å². The second kappa shape index (κ2) is 9.86. The topological polar surface area (TPSA) is 17.1 Å². The molecule has 1 nitrogen and oxygen atoms in total. The van der Waals surface area contributed by atoms with Crippen LogP contribution in [0.25, 0.3) is 0 Å². The summed E-state index contributed by atoms with van der Waals surface area (Å²) >= 11 is 1.94. The first-order valence-corrected chi connectivity index (χ1v) is 13.6. The standard InChI is InChI=1S/C27H29OPS/c1-2-30-25-19-12-20-27(26(21-25)22-13-6-3-7-14-22)29(28,23-15-8-4-9-16-23)24-17-10-5-11-18-24/h3-11,13-19,26-27H,2,12,20-21H2,1H3/t26-,27+/m1/s1. The molecule has 0 N–H and O–H groups in total. The third kappa shape index (κ3) is 4.36. The Labute approximate surface area is 185 Å². The van der Waals surface area contributed by atoms with Crippen LogP contribution in [0.5, 0.6) is 0 Å². The molecule has 3 aromatic rings. The molecule has 2 atom stereocenters. The van der Waals surface area contributed by atoms with Crippen molar-refractivity contribution in [3.63, 3.8) is 0 Å². The average molecular weight is 433 g/mol. The molecule has 4 rings (SSSR count). The van der Waals surface area contributed by atoms with E-state index in [9.17, 15) is 0 Å². The molecule has 0 spiro atoms. The third-order valence-electron chi connectivity index (χ3n) is 6.02. The number of hydrogen-bond acceptors (Lipinski definition) is 2. The minimum atomic E-state index is -2.84. The predicted molar refractivity (Wildman–Crippen MR) is 133 cm³/mol. The van der Waals surface area contributed by atoms with E-state index in [-0.39, 0.29) is 11.6 Å². The Kier molecular flexibility index (Phi) is 6.97. The summed E-state index contributed by atoms with van der Waals surface area (Å²) in [7, 11) is -2.84. The summed E-state index contributed by atoms with van der Waals surface area (Å²) in [6.07, 6.45) is 5.29. The smallest absolute Gasteiger partial charge is 0.146 e. The summed E-state index contributed by atoms with van der Waals surface area (Å²) in [5.74, 6) is 1.32. The van der Waals surface area contributed by atoms with Crippen molar-refractivity contribution in [1.82, 2.24) is 0 Å². The van der Waals surface area contributed by atoms with Crippen molar-refractivity contribution in [2.75, 3.05) is 5.75 Å². The van der Waals surface area contributed by atoms with Crippen LogP contribution in [-0.4, -0.2) is 11.4 Å². The molecule has 3 aromatic carbocycles. The number of benzene rings is 3. The molecular weight excluding hydrogens is 403 g/mol. The van der Waals surface area contributed by atoms with E-state index in [0.717, 1.165) is 35.6 Å². The molecule has 0 radical (unpaired) electrons. The first-order valence-electron chi connectivity index (χ1n) is 10.8. The molecule has 0 heterocycles. The van der Waals surface area contributed by atoms with E-state index in [1.165, 1.54) is 10.5 Å². The summed E-state index contributed by atoms with van der Waals surface area (Å²) < 4.78 is 15.1. The van der Waals surface area contributed by atoms with Crippen molar-refractivity contribution in [2.24, 2.45) is 0 Å². The maximum atomic E-state index is 15.1. The molecule has 0 amide bonds. The van der Waals surface area contributed by atoms with Crippen LogP contribution >= 0.6 is 18.9 Å². The number of hydrogen-bond donors (Lipinski definition) is 0. The van der Waals surface area contributed by atoms with Crippen molar-refractivity contribution in [3.05, 3.63) is 108 Å². The van der Waals surface area contributed by atoms with E-state index in [1.54, 1.807) is 0 Å². The fourth-order valence-corrected chi connectivity index (χ4v) is 9.16. The summed E-state index contributed by atoms with van der Waals surface area (Å²) in [4.78, 5) is 1.45. The van der Waals surface area contributed by atoms with Crippen molar-refractivity contribution in [3.8, 4) is 0 Å². The van der Waals surface area contributed by atoms with Crippen molar-refractivity contribution >= 4 is 29.5 Å². The molecular formula is C27H29OPS. The lowest BCUT2D eigenvalue weighted by Gasteiger charge is -2.34. The average Bonchev–Trinajstić information content (AvgIpc) is 3.03. The highest BCUT2D eigenvalue weighted by Crippen LogP contribution is 2.58. The van der Waals surface area contributed by atoms with Gasteiger partial charge in [0.05, 0.1) is 0 Å². The molecule has 3 heteroatoms. The third-order valence-corrected chi connectivity index (χ3v) is 10.7. The van der Waals surface area contributed by atoms with Gasteiger partial charge in [-0.1, -0.05) is 104 Å². The van der Waals surface area contributed by atoms with Crippen LogP contribution in [-0.2, 0) is 4.57 Å². The van der Waals surface area contributed by atoms with Crippen molar-refractivity contribution < 1.29 is 4.57 Å². The Balaban J connectivity index is 1.87. The second-order valence-electron chi connectivity index (χ2n) is 7.80. The van der Waals surface area contributed by atoms with Gasteiger partial charge in [0.2, 0.25) is 0 Å². The molecule has 0 unspecified atom stereocenters. The van der Waals surface area contributed by atoms with E-state index < -0.39 is 7.14 Å². The van der Waals surface area contributed by atoms with E-state index in [0.29, 0.717) is 0 Å². The largest absolute Gasteiger partial charge is 0.313 e. The van der Waals surface area contributed by atoms with Crippen molar-refractivity contribution in [1.29, 1.82) is 0 Å². The molecule has 0 saturated carbocycles. The fraction of sp³-hybridized carbons (Fsp3) is 0.259. The van der Waals surface area contributed by atoms with Crippen LogP contribution in [0.1, 0.15) is 37.7 Å². The Morgan fingerprint density at radius 1 is 0.833 bits per heavy atom. The van der Waals surface area contributed by atoms with Gasteiger partial charge in [-0.2, -0.15) is 0 Å². The summed E-state index contributed by atoms with van der Waals surface area (Å²) in [5, 5.41) is 1.96. The van der Waals surface area contributed by atoms with Crippen LogP contribution < -0.4 is 10.6 Å². The van der Waals surface area contributed by atoms with Gasteiger partial charge in [-0.25, -0.2) is 0 Å². The summed E-state index contributed by atoms with van der Waals surface area (Å²) in [6, 6.07) is 31.1. The Hall–Kier alpha value is -2.02. The van der Waals surface area contributed by atoms with Gasteiger partial charge >= 0.3 is 0 Å². The molecule has 30 heavy (non-hydrogen) atoms. The number of rotatable bonds is 6. The van der Waals surface area contributed by atoms with Crippen LogP contribution in [0.3, 0.4) is 0 Å². The minimum Gasteiger partial charge on any atom is -0.313 e. The van der Waals surface area contributed by atoms with E-state index in [2.05, 4.69) is 67.6 Å². The van der Waals surface area contributed by atoms with Crippen LogP contribution in [0.15, 0.2) is 102 Å². The van der Waals surface area contributed by atoms with E-state index in [1.807, 2.05) is 48.2 Å². The lowest BCUT2D eigenvalue weighted by Crippen LogP contribution is -2.30. The highest BCUT2D eigenvalue weighted by atomic mass is 32.2. The number of thioether (sulfide) groups is 1. The second-order valence-corrected chi connectivity index (χ2v) is 12.2. The normalized spacial score (nSPS) is 19.7. The number of allylic oxidation sites excluding steroid dienone is 2. The first-order chi connectivity index (χ1) is 14.7. The fourth-order valence-electron chi connectivity index (χ4n) is 4.66. The zero-order valence-electron chi connectivity index (χ0n) is 17.5. The van der Waals surface area contributed by atoms with Gasteiger partial charge in [-0.3, -0.25) is 0 Å². The lowest BCUT2D eigenvalue weighted by molar-refractivity contribution is 0.548. The lowest BCUT2D eigenvalue weighted by atomic mass is 9.91. The van der Waals surface area contributed by atoms with Gasteiger partial charge < -0.3 is 4.57 Å². The Morgan fingerprint density at radius 2 is 1.37 bits per heavy atom. The zero-order chi connectivity index (χ0) is 20.8. The first kappa shape index (κ1) is 21.2. The molecule has 1 aliphatic rings. The van der Waals surface area contributed by atoms with Crippen LogP contribution in [0.2, 0.25) is 0 Å². The van der Waals surface area contributed by atoms with Gasteiger partial charge in [0.1, 0.15) is 7.14 Å². The molecule has 0 fully saturated rings. The molecule has 0 bridgehead atoms. The van der Waals surface area contributed by atoms with Gasteiger partial charge in [0.25, 0.3) is 0 Å². The highest BCUT2D eigenvalue weighted by molar-refractivity contribution is 8.03. The maximum Gasteiger partial charge on any atom is 0.146 e. The molecule has 0 aliphatic heterocycles. The SMILES string of the molecule is CCSC1=CCC[C@H](P(=O)(c2ccccc2)c2ccccc2)[C@@H](c2ccccc2)C1. The Morgan fingerprint density at radius 3 is 1.90 bits per heavy atom. The quantitative estimate of drug-likeness (QED) is 0.391. The van der Waals surface area contributed by atoms with Crippen LogP contribution in [0.4, 0.5) is 0 Å². The summed E-state index contributed by atoms with van der Waals surface area (Å²) in [6.45, 7) is 2.21. The molecule has 0 saturated heterocycles. The predicted octanol–water partition coefficient (Wildman–Crippen LogP) is 6.97. The van der Waals surface area contributed by atoms with Gasteiger partial charge in [0.15, 0.2) is 0 Å². The monoisotopic (exact) mass is 432 g/mol. The van der Waals surface area contributed by atoms with Gasteiger partial charge in [-0.15, -0.1) is 11.8 Å². The van der Waals surface area contributed by atoms with Gasteiger partial charge in [0, 0.05) is 16.3 Å². The highest BCUT2D eigenvalue weighted by Gasteiger charge is 2.42. The summed E-state index contributed by atoms with van der Waals surface area (Å²) in [5.41, 5.74) is 1.38. The Bertz CT molecular complexity index is 971. The maximum absolute atomic E-state index is 15.1. The van der Waals surface area contributed by atoms with Crippen molar-refractivity contribution in [2.45, 2.75) is 37.8 Å². The van der Waals surface area contributed by atoms with Crippen LogP contribution in [0, 0.1) is 0 Å². The van der Waals surface area contributed by atoms with E-state index >= 15 is 4.57 Å². The van der Waals surface area contributed by atoms with E-state index in [4.69, 9.17) is 0 Å².